The molecule has 2 aliphatic rings. The summed E-state index contributed by atoms with van der Waals surface area (Å²) in [5.41, 5.74) is 5.85. The van der Waals surface area contributed by atoms with Crippen LogP contribution in [0.15, 0.2) is 11.1 Å². The van der Waals surface area contributed by atoms with Gasteiger partial charge in [0, 0.05) is 19.1 Å². The third kappa shape index (κ3) is 2.20. The first kappa shape index (κ1) is 12.5. The Kier molecular flexibility index (Phi) is 3.18. The van der Waals surface area contributed by atoms with E-state index in [1.54, 1.807) is 0 Å². The number of rotatable bonds is 1. The Balaban J connectivity index is 1.81. The molecule has 2 fully saturated rings. The Hall–Kier alpha value is -1.56. The van der Waals surface area contributed by atoms with Crippen molar-refractivity contribution in [3.63, 3.8) is 0 Å². The third-order valence-electron chi connectivity index (χ3n) is 4.51. The van der Waals surface area contributed by atoms with Crippen LogP contribution in [0.2, 0.25) is 0 Å². The van der Waals surface area contributed by atoms with E-state index in [0.29, 0.717) is 17.8 Å². The standard InChI is InChI=1S/C13H21N5O/c1-17-5-2-3-9-7-18(6-4-10(9)17)12-11(14)13(19)16-8-15-12/h8-10H,2-7,14H2,1H3,(H,15,16,19). The molecule has 6 nitrogen and oxygen atoms in total. The number of aromatic nitrogens is 2. The third-order valence-corrected chi connectivity index (χ3v) is 4.51. The summed E-state index contributed by atoms with van der Waals surface area (Å²) in [6.45, 7) is 3.08. The van der Waals surface area contributed by atoms with E-state index in [9.17, 15) is 4.79 Å². The lowest BCUT2D eigenvalue weighted by Crippen LogP contribution is -2.53. The van der Waals surface area contributed by atoms with Crippen LogP contribution >= 0.6 is 0 Å². The quantitative estimate of drug-likeness (QED) is 0.760. The molecule has 19 heavy (non-hydrogen) atoms. The summed E-state index contributed by atoms with van der Waals surface area (Å²) < 4.78 is 0. The van der Waals surface area contributed by atoms with Gasteiger partial charge >= 0.3 is 0 Å². The van der Waals surface area contributed by atoms with Gasteiger partial charge in [-0.3, -0.25) is 4.79 Å². The van der Waals surface area contributed by atoms with E-state index in [0.717, 1.165) is 19.5 Å². The fourth-order valence-electron chi connectivity index (χ4n) is 3.50. The fraction of sp³-hybridized carbons (Fsp3) is 0.692. The van der Waals surface area contributed by atoms with Crippen molar-refractivity contribution in [3.8, 4) is 0 Å². The van der Waals surface area contributed by atoms with E-state index in [1.807, 2.05) is 0 Å². The minimum Gasteiger partial charge on any atom is -0.391 e. The molecule has 0 spiro atoms. The predicted molar refractivity (Wildman–Crippen MR) is 75.2 cm³/mol. The Morgan fingerprint density at radius 1 is 1.42 bits per heavy atom. The van der Waals surface area contributed by atoms with Gasteiger partial charge in [0.1, 0.15) is 5.69 Å². The van der Waals surface area contributed by atoms with Crippen LogP contribution in [0.25, 0.3) is 0 Å². The second-order valence-electron chi connectivity index (χ2n) is 5.65. The minimum absolute atomic E-state index is 0.241. The van der Waals surface area contributed by atoms with E-state index >= 15 is 0 Å². The number of piperidine rings is 2. The molecule has 3 N–H and O–H groups in total. The van der Waals surface area contributed by atoms with E-state index in [2.05, 4.69) is 26.8 Å². The van der Waals surface area contributed by atoms with Gasteiger partial charge in [-0.1, -0.05) is 0 Å². The average Bonchev–Trinajstić information content (AvgIpc) is 2.42. The molecular weight excluding hydrogens is 242 g/mol. The lowest BCUT2D eigenvalue weighted by Gasteiger charge is -2.46. The number of nitrogens with zero attached hydrogens (tertiary/aromatic N) is 3. The molecule has 1 aromatic rings. The van der Waals surface area contributed by atoms with Crippen molar-refractivity contribution in [2.24, 2.45) is 5.92 Å². The minimum atomic E-state index is -0.243. The van der Waals surface area contributed by atoms with Crippen molar-refractivity contribution in [2.75, 3.05) is 37.3 Å². The fourth-order valence-corrected chi connectivity index (χ4v) is 3.50. The van der Waals surface area contributed by atoms with E-state index in [-0.39, 0.29) is 11.2 Å². The summed E-state index contributed by atoms with van der Waals surface area (Å²) in [6, 6.07) is 0.674. The number of anilines is 2. The van der Waals surface area contributed by atoms with Crippen LogP contribution in [-0.2, 0) is 0 Å². The van der Waals surface area contributed by atoms with Crippen molar-refractivity contribution in [2.45, 2.75) is 25.3 Å². The number of hydrogen-bond donors (Lipinski definition) is 2. The molecule has 1 aromatic heterocycles. The summed E-state index contributed by atoms with van der Waals surface area (Å²) in [5.74, 6) is 1.31. The second-order valence-corrected chi connectivity index (χ2v) is 5.65. The number of nitrogens with one attached hydrogen (secondary N) is 1. The zero-order valence-electron chi connectivity index (χ0n) is 11.3. The van der Waals surface area contributed by atoms with E-state index in [1.165, 1.54) is 25.7 Å². The highest BCUT2D eigenvalue weighted by atomic mass is 16.1. The smallest absolute Gasteiger partial charge is 0.276 e. The number of nitrogens with two attached hydrogens (primary N) is 1. The van der Waals surface area contributed by atoms with Gasteiger partial charge in [-0.2, -0.15) is 0 Å². The lowest BCUT2D eigenvalue weighted by molar-refractivity contribution is 0.102. The average molecular weight is 263 g/mol. The highest BCUT2D eigenvalue weighted by Gasteiger charge is 2.35. The maximum Gasteiger partial charge on any atom is 0.276 e. The number of aromatic amines is 1. The highest BCUT2D eigenvalue weighted by molar-refractivity contribution is 5.61. The van der Waals surface area contributed by atoms with E-state index in [4.69, 9.17) is 5.73 Å². The molecule has 2 saturated heterocycles. The van der Waals surface area contributed by atoms with Crippen LogP contribution in [0.3, 0.4) is 0 Å². The summed E-state index contributed by atoms with van der Waals surface area (Å²) in [6.07, 6.45) is 5.07. The second kappa shape index (κ2) is 4.85. The Morgan fingerprint density at radius 2 is 2.26 bits per heavy atom. The Bertz CT molecular complexity index is 514. The van der Waals surface area contributed by atoms with Crippen LogP contribution in [0.1, 0.15) is 19.3 Å². The molecular formula is C13H21N5O. The largest absolute Gasteiger partial charge is 0.391 e. The number of hydrogen-bond acceptors (Lipinski definition) is 5. The van der Waals surface area contributed by atoms with Gasteiger partial charge in [-0.25, -0.2) is 4.98 Å². The first-order valence-electron chi connectivity index (χ1n) is 6.95. The SMILES string of the molecule is CN1CCCC2CN(c3nc[nH]c(=O)c3N)CCC21. The normalized spacial score (nSPS) is 28.2. The summed E-state index contributed by atoms with van der Waals surface area (Å²) in [7, 11) is 2.21. The van der Waals surface area contributed by atoms with E-state index < -0.39 is 0 Å². The molecule has 3 rings (SSSR count). The van der Waals surface area contributed by atoms with Gasteiger partial charge in [0.05, 0.1) is 6.33 Å². The number of likely N-dealkylation sites (tertiary alicyclic amines) is 1. The molecule has 2 atom stereocenters. The first-order chi connectivity index (χ1) is 9.16. The van der Waals surface area contributed by atoms with Crippen molar-refractivity contribution in [1.82, 2.24) is 14.9 Å². The molecule has 0 aliphatic carbocycles. The van der Waals surface area contributed by atoms with Gasteiger partial charge in [-0.15, -0.1) is 0 Å². The molecule has 2 aliphatic heterocycles. The highest BCUT2D eigenvalue weighted by Crippen LogP contribution is 2.32. The Morgan fingerprint density at radius 3 is 3.11 bits per heavy atom. The summed E-state index contributed by atoms with van der Waals surface area (Å²) >= 11 is 0. The van der Waals surface area contributed by atoms with Gasteiger partial charge in [0.2, 0.25) is 0 Å². The van der Waals surface area contributed by atoms with Crippen molar-refractivity contribution < 1.29 is 0 Å². The molecule has 0 radical (unpaired) electrons. The molecule has 0 aromatic carbocycles. The molecule has 0 bridgehead atoms. The molecule has 0 amide bonds. The molecule has 3 heterocycles. The van der Waals surface area contributed by atoms with Gasteiger partial charge < -0.3 is 20.5 Å². The molecule has 0 saturated carbocycles. The zero-order chi connectivity index (χ0) is 13.4. The van der Waals surface area contributed by atoms with Crippen molar-refractivity contribution >= 4 is 11.5 Å². The molecule has 104 valence electrons. The van der Waals surface area contributed by atoms with Gasteiger partial charge in [0.15, 0.2) is 5.82 Å². The summed E-state index contributed by atoms with van der Waals surface area (Å²) in [4.78, 5) is 23.0. The van der Waals surface area contributed by atoms with Crippen LogP contribution in [0, 0.1) is 5.92 Å². The maximum atomic E-state index is 11.6. The predicted octanol–water partition coefficient (Wildman–Crippen LogP) is 0.273. The number of nitrogen functional groups attached to an aromatic ring is 1. The summed E-state index contributed by atoms with van der Waals surface area (Å²) in [5, 5.41) is 0. The van der Waals surface area contributed by atoms with Crippen molar-refractivity contribution in [1.29, 1.82) is 0 Å². The monoisotopic (exact) mass is 263 g/mol. The maximum absolute atomic E-state index is 11.6. The zero-order valence-corrected chi connectivity index (χ0v) is 11.3. The molecule has 6 heteroatoms. The van der Waals surface area contributed by atoms with Crippen LogP contribution < -0.4 is 16.2 Å². The van der Waals surface area contributed by atoms with Gasteiger partial charge in [0.25, 0.3) is 5.56 Å². The van der Waals surface area contributed by atoms with Crippen LogP contribution in [0.4, 0.5) is 11.5 Å². The lowest BCUT2D eigenvalue weighted by atomic mass is 9.84. The first-order valence-corrected chi connectivity index (χ1v) is 6.95. The molecule has 2 unspecified atom stereocenters. The van der Waals surface area contributed by atoms with Crippen LogP contribution in [0.5, 0.6) is 0 Å². The van der Waals surface area contributed by atoms with Crippen LogP contribution in [-0.4, -0.2) is 47.6 Å². The number of H-pyrrole nitrogens is 1. The topological polar surface area (TPSA) is 78.2 Å². The number of fused-ring (bicyclic) bond motifs is 1. The Labute approximate surface area is 112 Å². The van der Waals surface area contributed by atoms with Gasteiger partial charge in [-0.05, 0) is 38.8 Å². The van der Waals surface area contributed by atoms with Crippen molar-refractivity contribution in [3.05, 3.63) is 16.7 Å².